The van der Waals surface area contributed by atoms with Crippen molar-refractivity contribution in [2.45, 2.75) is 86.5 Å². The first-order valence-corrected chi connectivity index (χ1v) is 9.97. The van der Waals surface area contributed by atoms with Gasteiger partial charge in [0, 0.05) is 0 Å². The summed E-state index contributed by atoms with van der Waals surface area (Å²) < 4.78 is 0. The van der Waals surface area contributed by atoms with Crippen LogP contribution in [0.5, 0.6) is 0 Å². The molecule has 0 aliphatic heterocycles. The summed E-state index contributed by atoms with van der Waals surface area (Å²) in [6.07, 6.45) is 9.38. The molecular weight excluding hydrogens is 276 g/mol. The molecule has 0 heteroatoms. The van der Waals surface area contributed by atoms with E-state index in [1.165, 1.54) is 50.5 Å². The predicted molar refractivity (Wildman–Crippen MR) is 105 cm³/mol. The van der Waals surface area contributed by atoms with Crippen molar-refractivity contribution in [1.29, 1.82) is 0 Å². The highest BCUT2D eigenvalue weighted by Gasteiger charge is 2.35. The van der Waals surface area contributed by atoms with E-state index >= 15 is 0 Å². The van der Waals surface area contributed by atoms with Crippen LogP contribution in [0.3, 0.4) is 0 Å². The van der Waals surface area contributed by atoms with E-state index in [0.717, 1.165) is 17.8 Å². The van der Waals surface area contributed by atoms with Gasteiger partial charge in [-0.05, 0) is 54.4 Å². The van der Waals surface area contributed by atoms with Crippen molar-refractivity contribution < 1.29 is 0 Å². The van der Waals surface area contributed by atoms with Crippen LogP contribution in [0.15, 0.2) is 30.3 Å². The maximum atomic E-state index is 2.51. The molecule has 0 amide bonds. The molecule has 0 nitrogen and oxygen atoms in total. The molecule has 3 atom stereocenters. The summed E-state index contributed by atoms with van der Waals surface area (Å²) >= 11 is 0. The van der Waals surface area contributed by atoms with Gasteiger partial charge in [-0.2, -0.15) is 0 Å². The average molecular weight is 317 g/mol. The van der Waals surface area contributed by atoms with Crippen molar-refractivity contribution in [2.75, 3.05) is 0 Å². The predicted octanol–water partition coefficient (Wildman–Crippen LogP) is 7.52. The van der Waals surface area contributed by atoms with E-state index in [-0.39, 0.29) is 0 Å². The van der Waals surface area contributed by atoms with Crippen LogP contribution in [0.25, 0.3) is 0 Å². The fourth-order valence-corrected chi connectivity index (χ4v) is 3.91. The van der Waals surface area contributed by atoms with Crippen molar-refractivity contribution in [3.05, 3.63) is 35.9 Å². The van der Waals surface area contributed by atoms with Gasteiger partial charge in [0.15, 0.2) is 0 Å². The van der Waals surface area contributed by atoms with E-state index < -0.39 is 0 Å². The van der Waals surface area contributed by atoms with Crippen molar-refractivity contribution >= 4 is 0 Å². The van der Waals surface area contributed by atoms with Gasteiger partial charge in [-0.25, -0.2) is 0 Å². The zero-order valence-corrected chi connectivity index (χ0v) is 16.6. The van der Waals surface area contributed by atoms with E-state index in [1.54, 1.807) is 0 Å². The van der Waals surface area contributed by atoms with Gasteiger partial charge in [0.05, 0.1) is 0 Å². The van der Waals surface area contributed by atoms with Crippen LogP contribution in [0.1, 0.15) is 85.6 Å². The van der Waals surface area contributed by atoms with Crippen LogP contribution in [0.4, 0.5) is 0 Å². The van der Waals surface area contributed by atoms with Gasteiger partial charge in [-0.1, -0.05) is 91.1 Å². The quantitative estimate of drug-likeness (QED) is 0.396. The molecule has 0 aliphatic carbocycles. The highest BCUT2D eigenvalue weighted by molar-refractivity contribution is 5.15. The summed E-state index contributed by atoms with van der Waals surface area (Å²) in [4.78, 5) is 0. The minimum Gasteiger partial charge on any atom is -0.0651 e. The lowest BCUT2D eigenvalue weighted by atomic mass is 9.63. The van der Waals surface area contributed by atoms with Crippen molar-refractivity contribution in [3.63, 3.8) is 0 Å². The molecule has 0 aliphatic rings. The minimum atomic E-state index is 0.518. The Labute approximate surface area is 146 Å². The second-order valence-corrected chi connectivity index (χ2v) is 8.31. The molecule has 0 bridgehead atoms. The molecule has 0 saturated heterocycles. The van der Waals surface area contributed by atoms with Gasteiger partial charge in [0.25, 0.3) is 0 Å². The second kappa shape index (κ2) is 10.2. The molecule has 1 aromatic rings. The molecule has 0 radical (unpaired) electrons. The zero-order valence-electron chi connectivity index (χ0n) is 16.6. The van der Waals surface area contributed by atoms with Gasteiger partial charge in [0.2, 0.25) is 0 Å². The van der Waals surface area contributed by atoms with Crippen LogP contribution >= 0.6 is 0 Å². The third-order valence-electron chi connectivity index (χ3n) is 6.08. The number of hydrogen-bond donors (Lipinski definition) is 0. The number of hydrogen-bond acceptors (Lipinski definition) is 0. The summed E-state index contributed by atoms with van der Waals surface area (Å²) in [6.45, 7) is 14.5. The minimum absolute atomic E-state index is 0.518. The standard InChI is InChI=1S/C23H40/c1-7-20(5)18-23(21(6)8-2,16-14-19(3)4)17-15-22-12-10-9-11-13-22/h9-13,19-21H,7-8,14-18H2,1-6H3. The number of benzene rings is 1. The lowest BCUT2D eigenvalue weighted by Crippen LogP contribution is -2.32. The topological polar surface area (TPSA) is 0 Å². The Balaban J connectivity index is 2.93. The molecule has 1 aromatic carbocycles. The summed E-state index contributed by atoms with van der Waals surface area (Å²) in [5.41, 5.74) is 2.03. The summed E-state index contributed by atoms with van der Waals surface area (Å²) in [5, 5.41) is 0. The Morgan fingerprint density at radius 2 is 1.52 bits per heavy atom. The van der Waals surface area contributed by atoms with Gasteiger partial charge in [-0.3, -0.25) is 0 Å². The maximum Gasteiger partial charge on any atom is -0.0266 e. The van der Waals surface area contributed by atoms with E-state index in [1.807, 2.05) is 0 Å². The van der Waals surface area contributed by atoms with E-state index in [9.17, 15) is 0 Å². The van der Waals surface area contributed by atoms with Gasteiger partial charge in [-0.15, -0.1) is 0 Å². The molecule has 0 N–H and O–H groups in total. The second-order valence-electron chi connectivity index (χ2n) is 8.31. The fourth-order valence-electron chi connectivity index (χ4n) is 3.91. The highest BCUT2D eigenvalue weighted by atomic mass is 14.4. The maximum absolute atomic E-state index is 2.51. The van der Waals surface area contributed by atoms with Crippen LogP contribution < -0.4 is 0 Å². The van der Waals surface area contributed by atoms with Crippen LogP contribution in [0, 0.1) is 23.2 Å². The summed E-state index contributed by atoms with van der Waals surface area (Å²) in [6, 6.07) is 11.1. The Morgan fingerprint density at radius 3 is 2.04 bits per heavy atom. The Bertz CT molecular complexity index is 405. The molecule has 0 saturated carbocycles. The zero-order chi connectivity index (χ0) is 17.3. The number of aryl methyl sites for hydroxylation is 1. The lowest BCUT2D eigenvalue weighted by molar-refractivity contribution is 0.0906. The lowest BCUT2D eigenvalue weighted by Gasteiger charge is -2.42. The molecule has 23 heavy (non-hydrogen) atoms. The van der Waals surface area contributed by atoms with Gasteiger partial charge in [0.1, 0.15) is 0 Å². The van der Waals surface area contributed by atoms with Gasteiger partial charge < -0.3 is 0 Å². The monoisotopic (exact) mass is 316 g/mol. The number of rotatable bonds is 11. The smallest absolute Gasteiger partial charge is 0.0266 e. The van der Waals surface area contributed by atoms with Crippen molar-refractivity contribution in [2.24, 2.45) is 23.2 Å². The molecule has 132 valence electrons. The third kappa shape index (κ3) is 6.69. The first-order chi connectivity index (χ1) is 10.9. The Hall–Kier alpha value is -0.780. The molecule has 1 rings (SSSR count). The molecule has 0 spiro atoms. The van der Waals surface area contributed by atoms with Gasteiger partial charge >= 0.3 is 0 Å². The van der Waals surface area contributed by atoms with E-state index in [2.05, 4.69) is 71.9 Å². The third-order valence-corrected chi connectivity index (χ3v) is 6.08. The fraction of sp³-hybridized carbons (Fsp3) is 0.739. The summed E-state index contributed by atoms with van der Waals surface area (Å²) in [7, 11) is 0. The van der Waals surface area contributed by atoms with Crippen LogP contribution in [-0.4, -0.2) is 0 Å². The first kappa shape index (κ1) is 20.3. The van der Waals surface area contributed by atoms with E-state index in [0.29, 0.717) is 5.41 Å². The SMILES string of the molecule is CCC(C)CC(CCc1ccccc1)(CCC(C)C)C(C)CC. The largest absolute Gasteiger partial charge is 0.0651 e. The molecule has 0 fully saturated rings. The van der Waals surface area contributed by atoms with Crippen LogP contribution in [0.2, 0.25) is 0 Å². The van der Waals surface area contributed by atoms with Crippen molar-refractivity contribution in [1.82, 2.24) is 0 Å². The first-order valence-electron chi connectivity index (χ1n) is 9.97. The summed E-state index contributed by atoms with van der Waals surface area (Å²) in [5.74, 6) is 2.47. The molecule has 0 aromatic heterocycles. The van der Waals surface area contributed by atoms with E-state index in [4.69, 9.17) is 0 Å². The Morgan fingerprint density at radius 1 is 0.870 bits per heavy atom. The molecule has 0 heterocycles. The average Bonchev–Trinajstić information content (AvgIpc) is 2.57. The normalized spacial score (nSPS) is 17.0. The molecule has 3 unspecified atom stereocenters. The Kier molecular flexibility index (Phi) is 8.95. The van der Waals surface area contributed by atoms with Crippen LogP contribution in [-0.2, 0) is 6.42 Å². The van der Waals surface area contributed by atoms with Crippen molar-refractivity contribution in [3.8, 4) is 0 Å². The highest BCUT2D eigenvalue weighted by Crippen LogP contribution is 2.46. The molecular formula is C23H40.